The van der Waals surface area contributed by atoms with Gasteiger partial charge in [-0.2, -0.15) is 4.31 Å². The molecule has 0 radical (unpaired) electrons. The Hall–Kier alpha value is -1.61. The molecule has 146 valence electrons. The first kappa shape index (κ1) is 21.7. The first-order valence-corrected chi connectivity index (χ1v) is 10.9. The zero-order valence-electron chi connectivity index (χ0n) is 14.9. The average Bonchev–Trinajstić information content (AvgIpc) is 2.62. The quantitative estimate of drug-likeness (QED) is 0.622. The van der Waals surface area contributed by atoms with Gasteiger partial charge < -0.3 is 10.1 Å². The van der Waals surface area contributed by atoms with Crippen molar-refractivity contribution in [3.8, 4) is 5.75 Å². The van der Waals surface area contributed by atoms with Crippen molar-refractivity contribution in [2.24, 2.45) is 0 Å². The van der Waals surface area contributed by atoms with E-state index in [4.69, 9.17) is 16.3 Å². The van der Waals surface area contributed by atoms with Gasteiger partial charge in [-0.1, -0.05) is 25.4 Å². The molecule has 0 aromatic heterocycles. The third kappa shape index (κ3) is 5.68. The second-order valence-electron chi connectivity index (χ2n) is 5.53. The molecule has 0 unspecified atom stereocenters. The number of hydrogen-bond acceptors (Lipinski definition) is 4. The molecule has 0 heterocycles. The van der Waals surface area contributed by atoms with Crippen LogP contribution in [0, 0.1) is 0 Å². The van der Waals surface area contributed by atoms with Crippen molar-refractivity contribution in [2.75, 3.05) is 25.0 Å². The average molecular weight is 476 g/mol. The highest BCUT2D eigenvalue weighted by Crippen LogP contribution is 2.28. The van der Waals surface area contributed by atoms with Gasteiger partial charge in [-0.05, 0) is 58.4 Å². The Bertz CT molecular complexity index is 900. The number of amides is 1. The van der Waals surface area contributed by atoms with Crippen LogP contribution in [0.15, 0.2) is 51.8 Å². The van der Waals surface area contributed by atoms with E-state index in [2.05, 4.69) is 21.2 Å². The predicted octanol–water partition coefficient (Wildman–Crippen LogP) is 4.15. The predicted molar refractivity (Wildman–Crippen MR) is 110 cm³/mol. The number of carbonyl (C=O) groups is 1. The highest BCUT2D eigenvalue weighted by Gasteiger charge is 2.21. The van der Waals surface area contributed by atoms with Crippen molar-refractivity contribution < 1.29 is 17.9 Å². The molecule has 27 heavy (non-hydrogen) atoms. The Morgan fingerprint density at radius 3 is 2.33 bits per heavy atom. The summed E-state index contributed by atoms with van der Waals surface area (Å²) in [6, 6.07) is 11.0. The van der Waals surface area contributed by atoms with E-state index in [1.165, 1.54) is 16.4 Å². The molecule has 2 rings (SSSR count). The van der Waals surface area contributed by atoms with Crippen molar-refractivity contribution in [2.45, 2.75) is 18.7 Å². The lowest BCUT2D eigenvalue weighted by atomic mass is 10.3. The normalized spacial score (nSPS) is 11.4. The van der Waals surface area contributed by atoms with Crippen molar-refractivity contribution >= 4 is 49.1 Å². The maximum Gasteiger partial charge on any atom is 0.262 e. The second kappa shape index (κ2) is 9.54. The number of anilines is 1. The molecule has 2 aromatic rings. The topological polar surface area (TPSA) is 75.7 Å². The number of hydrogen-bond donors (Lipinski definition) is 1. The summed E-state index contributed by atoms with van der Waals surface area (Å²) in [4.78, 5) is 12.2. The van der Waals surface area contributed by atoms with Crippen LogP contribution in [0.1, 0.15) is 13.8 Å². The molecule has 1 N–H and O–H groups in total. The van der Waals surface area contributed by atoms with E-state index in [0.29, 0.717) is 34.0 Å². The molecule has 6 nitrogen and oxygen atoms in total. The van der Waals surface area contributed by atoms with Crippen LogP contribution in [0.2, 0.25) is 5.02 Å². The monoisotopic (exact) mass is 474 g/mol. The Morgan fingerprint density at radius 1 is 1.15 bits per heavy atom. The van der Waals surface area contributed by atoms with Gasteiger partial charge in [-0.25, -0.2) is 8.42 Å². The van der Waals surface area contributed by atoms with Gasteiger partial charge in [0, 0.05) is 23.8 Å². The van der Waals surface area contributed by atoms with E-state index in [9.17, 15) is 13.2 Å². The summed E-state index contributed by atoms with van der Waals surface area (Å²) < 4.78 is 32.4. The number of nitrogens with zero attached hydrogens (tertiary/aromatic N) is 1. The summed E-state index contributed by atoms with van der Waals surface area (Å²) in [6.45, 7) is 4.17. The van der Waals surface area contributed by atoms with Crippen LogP contribution in [-0.2, 0) is 14.8 Å². The smallest absolute Gasteiger partial charge is 0.262 e. The van der Waals surface area contributed by atoms with Crippen LogP contribution in [0.25, 0.3) is 0 Å². The molecule has 0 aliphatic rings. The van der Waals surface area contributed by atoms with Gasteiger partial charge in [0.1, 0.15) is 5.75 Å². The minimum absolute atomic E-state index is 0.186. The van der Waals surface area contributed by atoms with Crippen LogP contribution in [0.3, 0.4) is 0 Å². The van der Waals surface area contributed by atoms with Crippen LogP contribution >= 0.6 is 27.5 Å². The Morgan fingerprint density at radius 2 is 1.78 bits per heavy atom. The zero-order chi connectivity index (χ0) is 20.0. The van der Waals surface area contributed by atoms with Gasteiger partial charge >= 0.3 is 0 Å². The molecule has 0 bridgehead atoms. The van der Waals surface area contributed by atoms with E-state index < -0.39 is 10.0 Å². The van der Waals surface area contributed by atoms with Crippen molar-refractivity contribution in [1.82, 2.24) is 4.31 Å². The van der Waals surface area contributed by atoms with Crippen LogP contribution in [0.5, 0.6) is 5.75 Å². The maximum atomic E-state index is 12.4. The molecule has 0 saturated carbocycles. The molecule has 1 amide bonds. The number of sulfonamides is 1. The van der Waals surface area contributed by atoms with Crippen molar-refractivity contribution in [3.63, 3.8) is 0 Å². The molecule has 0 spiro atoms. The number of carbonyl (C=O) groups excluding carboxylic acids is 1. The van der Waals surface area contributed by atoms with Crippen LogP contribution < -0.4 is 10.1 Å². The van der Waals surface area contributed by atoms with E-state index in [1.54, 1.807) is 44.2 Å². The minimum atomic E-state index is -3.52. The SMILES string of the molecule is CCN(CC)S(=O)(=O)c1ccc(NC(=O)COc2ccc(Cl)cc2Br)cc1. The number of rotatable bonds is 8. The Kier molecular flexibility index (Phi) is 7.67. The lowest BCUT2D eigenvalue weighted by molar-refractivity contribution is -0.118. The molecule has 0 atom stereocenters. The summed E-state index contributed by atoms with van der Waals surface area (Å²) in [5.74, 6) is 0.131. The molecule has 0 fully saturated rings. The summed E-state index contributed by atoms with van der Waals surface area (Å²) in [6.07, 6.45) is 0. The van der Waals surface area contributed by atoms with E-state index in [0.717, 1.165) is 0 Å². The standard InChI is InChI=1S/C18H20BrClN2O4S/c1-3-22(4-2)27(24,25)15-8-6-14(7-9-15)21-18(23)12-26-17-10-5-13(20)11-16(17)19/h5-11H,3-4,12H2,1-2H3,(H,21,23). The Balaban J connectivity index is 1.98. The van der Waals surface area contributed by atoms with Crippen molar-refractivity contribution in [1.29, 1.82) is 0 Å². The largest absolute Gasteiger partial charge is 0.483 e. The molecule has 0 saturated heterocycles. The van der Waals surface area contributed by atoms with E-state index >= 15 is 0 Å². The van der Waals surface area contributed by atoms with Crippen LogP contribution in [0.4, 0.5) is 5.69 Å². The van der Waals surface area contributed by atoms with E-state index in [-0.39, 0.29) is 17.4 Å². The van der Waals surface area contributed by atoms with Gasteiger partial charge in [0.15, 0.2) is 6.61 Å². The van der Waals surface area contributed by atoms with Gasteiger partial charge in [-0.15, -0.1) is 0 Å². The number of halogens is 2. The van der Waals surface area contributed by atoms with Gasteiger partial charge in [0.05, 0.1) is 9.37 Å². The van der Waals surface area contributed by atoms with Gasteiger partial charge in [-0.3, -0.25) is 4.79 Å². The fourth-order valence-corrected chi connectivity index (χ4v) is 4.61. The zero-order valence-corrected chi connectivity index (χ0v) is 18.1. The minimum Gasteiger partial charge on any atom is -0.483 e. The summed E-state index contributed by atoms with van der Waals surface area (Å²) in [7, 11) is -3.52. The molecular formula is C18H20BrClN2O4S. The molecule has 2 aromatic carbocycles. The summed E-state index contributed by atoms with van der Waals surface area (Å²) in [5.41, 5.74) is 0.484. The van der Waals surface area contributed by atoms with Crippen LogP contribution in [-0.4, -0.2) is 38.3 Å². The number of nitrogens with one attached hydrogen (secondary N) is 1. The first-order valence-electron chi connectivity index (χ1n) is 8.25. The molecule has 0 aliphatic carbocycles. The van der Waals surface area contributed by atoms with Gasteiger partial charge in [0.25, 0.3) is 5.91 Å². The molecular weight excluding hydrogens is 456 g/mol. The summed E-state index contributed by atoms with van der Waals surface area (Å²) in [5, 5.41) is 3.22. The first-order chi connectivity index (χ1) is 12.8. The molecule has 9 heteroatoms. The number of ether oxygens (including phenoxy) is 1. The maximum absolute atomic E-state index is 12.4. The lowest BCUT2D eigenvalue weighted by Gasteiger charge is -2.18. The second-order valence-corrected chi connectivity index (χ2v) is 8.75. The molecule has 0 aliphatic heterocycles. The fourth-order valence-electron chi connectivity index (χ4n) is 2.36. The fraction of sp³-hybridized carbons (Fsp3) is 0.278. The van der Waals surface area contributed by atoms with Gasteiger partial charge in [0.2, 0.25) is 10.0 Å². The van der Waals surface area contributed by atoms with E-state index in [1.807, 2.05) is 0 Å². The highest BCUT2D eigenvalue weighted by molar-refractivity contribution is 9.10. The Labute approximate surface area is 172 Å². The third-order valence-corrected chi connectivity index (χ3v) is 6.65. The van der Waals surface area contributed by atoms with Crippen molar-refractivity contribution in [3.05, 3.63) is 52.0 Å². The third-order valence-electron chi connectivity index (χ3n) is 3.73. The summed E-state index contributed by atoms with van der Waals surface area (Å²) >= 11 is 9.17. The highest BCUT2D eigenvalue weighted by atomic mass is 79.9. The lowest BCUT2D eigenvalue weighted by Crippen LogP contribution is -2.30. The number of benzene rings is 2.